The van der Waals surface area contributed by atoms with Crippen molar-refractivity contribution in [3.8, 4) is 0 Å². The third-order valence-electron chi connectivity index (χ3n) is 5.89. The van der Waals surface area contributed by atoms with E-state index < -0.39 is 20.0 Å². The van der Waals surface area contributed by atoms with E-state index >= 15 is 0 Å². The summed E-state index contributed by atoms with van der Waals surface area (Å²) in [6, 6.07) is 20.8. The van der Waals surface area contributed by atoms with E-state index in [4.69, 9.17) is 4.43 Å². The van der Waals surface area contributed by atoms with Crippen molar-refractivity contribution in [2.75, 3.05) is 6.61 Å². The summed E-state index contributed by atoms with van der Waals surface area (Å²) < 4.78 is 6.91. The van der Waals surface area contributed by atoms with Crippen LogP contribution in [0.15, 0.2) is 60.7 Å². The molecule has 0 unspecified atom stereocenters. The van der Waals surface area contributed by atoms with E-state index in [9.17, 15) is 9.90 Å². The molecular weight excluding hydrogens is 366 g/mol. The number of carbonyl (C=O) groups is 1. The Morgan fingerprint density at radius 3 is 1.93 bits per heavy atom. The zero-order valence-electron chi connectivity index (χ0n) is 17.2. The highest BCUT2D eigenvalue weighted by molar-refractivity contribution is 6.99. The molecule has 2 atom stereocenters. The SMILES string of the molecule is CC(=O)N[C@]1(CO[Si](c2ccccc2)(c2ccccc2)C(C)(C)C)CC[C@H]1O. The maximum Gasteiger partial charge on any atom is 0.261 e. The van der Waals surface area contributed by atoms with Gasteiger partial charge in [0, 0.05) is 6.92 Å². The Kier molecular flexibility index (Phi) is 5.80. The van der Waals surface area contributed by atoms with Gasteiger partial charge in [-0.25, -0.2) is 0 Å². The molecule has 5 heteroatoms. The summed E-state index contributed by atoms with van der Waals surface area (Å²) in [5.74, 6) is -0.134. The summed E-state index contributed by atoms with van der Waals surface area (Å²) in [5, 5.41) is 15.7. The van der Waals surface area contributed by atoms with Crippen molar-refractivity contribution in [2.45, 2.75) is 57.2 Å². The van der Waals surface area contributed by atoms with Crippen molar-refractivity contribution in [3.63, 3.8) is 0 Å². The first-order valence-corrected chi connectivity index (χ1v) is 11.8. The van der Waals surface area contributed by atoms with Gasteiger partial charge >= 0.3 is 0 Å². The minimum atomic E-state index is -2.68. The smallest absolute Gasteiger partial charge is 0.261 e. The molecule has 1 fully saturated rings. The van der Waals surface area contributed by atoms with E-state index in [1.54, 1.807) is 0 Å². The van der Waals surface area contributed by atoms with Crippen molar-refractivity contribution >= 4 is 24.6 Å². The lowest BCUT2D eigenvalue weighted by molar-refractivity contribution is -0.128. The molecule has 0 aliphatic heterocycles. The summed E-state index contributed by atoms with van der Waals surface area (Å²) >= 11 is 0. The van der Waals surface area contributed by atoms with E-state index in [-0.39, 0.29) is 10.9 Å². The van der Waals surface area contributed by atoms with Gasteiger partial charge in [0.05, 0.1) is 18.2 Å². The predicted octanol–water partition coefficient (Wildman–Crippen LogP) is 2.59. The van der Waals surface area contributed by atoms with Crippen LogP contribution < -0.4 is 15.7 Å². The number of benzene rings is 2. The molecule has 1 saturated carbocycles. The Balaban J connectivity index is 2.07. The van der Waals surface area contributed by atoms with Gasteiger partial charge in [0.25, 0.3) is 8.32 Å². The molecule has 4 nitrogen and oxygen atoms in total. The molecule has 1 aliphatic carbocycles. The van der Waals surface area contributed by atoms with Gasteiger partial charge in [-0.05, 0) is 28.3 Å². The Bertz CT molecular complexity index is 764. The second kappa shape index (κ2) is 7.82. The molecule has 1 amide bonds. The standard InChI is InChI=1S/C23H31NO3Si/c1-18(25)24-23(16-15-21(23)26)17-27-28(22(2,3)4,19-11-7-5-8-12-19)20-13-9-6-10-14-20/h5-14,21,26H,15-17H2,1-4H3,(H,24,25)/t21-,23+/m1/s1. The Morgan fingerprint density at radius 1 is 1.11 bits per heavy atom. The number of nitrogens with one attached hydrogen (secondary N) is 1. The van der Waals surface area contributed by atoms with Crippen LogP contribution in [0.3, 0.4) is 0 Å². The quantitative estimate of drug-likeness (QED) is 0.737. The van der Waals surface area contributed by atoms with E-state index in [1.165, 1.54) is 17.3 Å². The lowest BCUT2D eigenvalue weighted by Crippen LogP contribution is -2.71. The zero-order valence-corrected chi connectivity index (χ0v) is 18.2. The second-order valence-corrected chi connectivity index (χ2v) is 13.1. The first kappa shape index (κ1) is 20.8. The largest absolute Gasteiger partial charge is 0.405 e. The number of aliphatic hydroxyl groups is 1. The highest BCUT2D eigenvalue weighted by Crippen LogP contribution is 2.39. The molecule has 1 aliphatic rings. The summed E-state index contributed by atoms with van der Waals surface area (Å²) in [5.41, 5.74) is -0.696. The first-order valence-electron chi connectivity index (χ1n) is 9.93. The van der Waals surface area contributed by atoms with E-state index in [1.807, 2.05) is 12.1 Å². The van der Waals surface area contributed by atoms with Crippen LogP contribution in [0.25, 0.3) is 0 Å². The number of aliphatic hydroxyl groups excluding tert-OH is 1. The normalized spacial score (nSPS) is 22.4. The van der Waals surface area contributed by atoms with E-state index in [0.717, 1.165) is 6.42 Å². The van der Waals surface area contributed by atoms with Gasteiger partial charge in [0.2, 0.25) is 5.91 Å². The first-order chi connectivity index (χ1) is 13.2. The Hall–Kier alpha value is -1.95. The predicted molar refractivity (Wildman–Crippen MR) is 115 cm³/mol. The molecule has 0 radical (unpaired) electrons. The van der Waals surface area contributed by atoms with Gasteiger partial charge in [-0.3, -0.25) is 4.79 Å². The maximum atomic E-state index is 11.8. The number of amides is 1. The fourth-order valence-electron chi connectivity index (χ4n) is 4.32. The molecule has 150 valence electrons. The number of rotatable bonds is 6. The zero-order chi connectivity index (χ0) is 20.4. The van der Waals surface area contributed by atoms with Crippen LogP contribution in [-0.2, 0) is 9.22 Å². The van der Waals surface area contributed by atoms with Gasteiger partial charge < -0.3 is 14.8 Å². The molecular formula is C23H31NO3Si. The topological polar surface area (TPSA) is 58.6 Å². The van der Waals surface area contributed by atoms with Crippen LogP contribution in [-0.4, -0.2) is 37.6 Å². The van der Waals surface area contributed by atoms with Crippen molar-refractivity contribution in [3.05, 3.63) is 60.7 Å². The van der Waals surface area contributed by atoms with Crippen LogP contribution >= 0.6 is 0 Å². The van der Waals surface area contributed by atoms with E-state index in [2.05, 4.69) is 74.6 Å². The second-order valence-electron chi connectivity index (χ2n) is 8.84. The molecule has 2 aromatic carbocycles. The van der Waals surface area contributed by atoms with Crippen LogP contribution in [0, 0.1) is 0 Å². The number of carbonyl (C=O) groups excluding carboxylic acids is 1. The molecule has 2 aromatic rings. The summed E-state index contributed by atoms with van der Waals surface area (Å²) in [4.78, 5) is 11.8. The minimum Gasteiger partial charge on any atom is -0.405 e. The molecule has 0 bridgehead atoms. The van der Waals surface area contributed by atoms with Crippen LogP contribution in [0.4, 0.5) is 0 Å². The highest BCUT2D eigenvalue weighted by atomic mass is 28.4. The van der Waals surface area contributed by atoms with Crippen molar-refractivity contribution in [2.24, 2.45) is 0 Å². The average Bonchev–Trinajstić information content (AvgIpc) is 2.66. The Labute approximate surface area is 169 Å². The fraction of sp³-hybridized carbons (Fsp3) is 0.435. The summed E-state index contributed by atoms with van der Waals surface area (Å²) in [6.45, 7) is 8.47. The number of hydrogen-bond donors (Lipinski definition) is 2. The molecule has 3 rings (SSSR count). The third kappa shape index (κ3) is 3.66. The maximum absolute atomic E-state index is 11.8. The van der Waals surface area contributed by atoms with Gasteiger partial charge in [0.15, 0.2) is 0 Å². The van der Waals surface area contributed by atoms with Gasteiger partial charge in [0.1, 0.15) is 0 Å². The third-order valence-corrected chi connectivity index (χ3v) is 10.9. The molecule has 0 saturated heterocycles. The number of hydrogen-bond acceptors (Lipinski definition) is 3. The molecule has 0 heterocycles. The van der Waals surface area contributed by atoms with Gasteiger partial charge in [-0.15, -0.1) is 0 Å². The van der Waals surface area contributed by atoms with Crippen LogP contribution in [0.2, 0.25) is 5.04 Å². The van der Waals surface area contributed by atoms with Crippen LogP contribution in [0.5, 0.6) is 0 Å². The van der Waals surface area contributed by atoms with Crippen molar-refractivity contribution < 1.29 is 14.3 Å². The monoisotopic (exact) mass is 397 g/mol. The fourth-order valence-corrected chi connectivity index (χ4v) is 8.95. The van der Waals surface area contributed by atoms with Crippen molar-refractivity contribution in [1.29, 1.82) is 0 Å². The minimum absolute atomic E-state index is 0.134. The molecule has 28 heavy (non-hydrogen) atoms. The lowest BCUT2D eigenvalue weighted by Gasteiger charge is -2.50. The summed E-state index contributed by atoms with van der Waals surface area (Å²) in [6.07, 6.45) is 0.839. The Morgan fingerprint density at radius 2 is 1.61 bits per heavy atom. The highest BCUT2D eigenvalue weighted by Gasteiger charge is 2.54. The van der Waals surface area contributed by atoms with Crippen LogP contribution in [0.1, 0.15) is 40.5 Å². The molecule has 0 aromatic heterocycles. The van der Waals surface area contributed by atoms with Gasteiger partial charge in [-0.1, -0.05) is 81.4 Å². The van der Waals surface area contributed by atoms with E-state index in [0.29, 0.717) is 13.0 Å². The van der Waals surface area contributed by atoms with Crippen molar-refractivity contribution in [1.82, 2.24) is 5.32 Å². The lowest BCUT2D eigenvalue weighted by atomic mass is 9.74. The van der Waals surface area contributed by atoms with Gasteiger partial charge in [-0.2, -0.15) is 0 Å². The molecule has 0 spiro atoms. The average molecular weight is 398 g/mol. The summed E-state index contributed by atoms with van der Waals surface area (Å²) in [7, 11) is -2.68. The molecule has 2 N–H and O–H groups in total.